The second-order valence-electron chi connectivity index (χ2n) is 6.26. The topological polar surface area (TPSA) is 40.6 Å². The summed E-state index contributed by atoms with van der Waals surface area (Å²) in [6, 6.07) is 15.2. The first-order valence-electron chi connectivity index (χ1n) is 8.38. The third-order valence-electron chi connectivity index (χ3n) is 4.07. The molecule has 0 spiro atoms. The van der Waals surface area contributed by atoms with Gasteiger partial charge in [-0.25, -0.2) is 0 Å². The van der Waals surface area contributed by atoms with E-state index in [1.54, 1.807) is 24.3 Å². The molecular weight excluding hydrogens is 380 g/mol. The summed E-state index contributed by atoms with van der Waals surface area (Å²) < 4.78 is 0. The van der Waals surface area contributed by atoms with Crippen LogP contribution in [0.15, 0.2) is 65.6 Å². The minimum Gasteiger partial charge on any atom is -0.378 e. The quantitative estimate of drug-likeness (QED) is 0.649. The lowest BCUT2D eigenvalue weighted by atomic mass is 10.2. The van der Waals surface area contributed by atoms with E-state index in [1.807, 2.05) is 61.5 Å². The Bertz CT molecular complexity index is 903. The maximum absolute atomic E-state index is 12.5. The van der Waals surface area contributed by atoms with E-state index in [4.69, 9.17) is 11.6 Å². The van der Waals surface area contributed by atoms with Crippen LogP contribution in [0.2, 0.25) is 5.02 Å². The zero-order valence-electron chi connectivity index (χ0n) is 15.1. The molecule has 1 aliphatic heterocycles. The fraction of sp³-hybridized carbons (Fsp3) is 0.143. The van der Waals surface area contributed by atoms with Crippen LogP contribution in [-0.4, -0.2) is 30.1 Å². The fourth-order valence-corrected chi connectivity index (χ4v) is 3.47. The third kappa shape index (κ3) is 4.81. The summed E-state index contributed by atoms with van der Waals surface area (Å²) in [5.74, 6) is -0.271. The molecule has 0 aliphatic carbocycles. The first-order chi connectivity index (χ1) is 12.9. The zero-order valence-corrected chi connectivity index (χ0v) is 16.6. The van der Waals surface area contributed by atoms with E-state index < -0.39 is 0 Å². The Balaban J connectivity index is 1.67. The predicted octanol–water partition coefficient (Wildman–Crippen LogP) is 5.20. The zero-order chi connectivity index (χ0) is 19.4. The van der Waals surface area contributed by atoms with Gasteiger partial charge in [0.2, 0.25) is 0 Å². The molecule has 0 N–H and O–H groups in total. The first-order valence-corrected chi connectivity index (χ1v) is 9.57. The third-order valence-corrected chi connectivity index (χ3v) is 5.25. The summed E-state index contributed by atoms with van der Waals surface area (Å²) in [4.78, 5) is 28.4. The maximum Gasteiger partial charge on any atom is 0.293 e. The van der Waals surface area contributed by atoms with Crippen molar-refractivity contribution in [2.75, 3.05) is 19.0 Å². The van der Waals surface area contributed by atoms with Crippen LogP contribution >= 0.6 is 23.4 Å². The van der Waals surface area contributed by atoms with Gasteiger partial charge in [0.1, 0.15) is 0 Å². The average molecular weight is 399 g/mol. The summed E-state index contributed by atoms with van der Waals surface area (Å²) in [6.45, 7) is 0.245. The van der Waals surface area contributed by atoms with Crippen LogP contribution in [0.4, 0.5) is 10.5 Å². The molecule has 6 heteroatoms. The Morgan fingerprint density at radius 3 is 2.33 bits per heavy atom. The number of imide groups is 1. The Hall–Kier alpha value is -2.50. The van der Waals surface area contributed by atoms with E-state index in [0.29, 0.717) is 9.93 Å². The molecule has 1 fully saturated rings. The summed E-state index contributed by atoms with van der Waals surface area (Å²) in [7, 11) is 3.98. The SMILES string of the molecule is CN(C)c1ccc(/C=C/C=C2\SC(=O)N(Cc3ccc(Cl)cc3)C2=O)cc1. The van der Waals surface area contributed by atoms with Crippen LogP contribution in [-0.2, 0) is 11.3 Å². The molecule has 1 saturated heterocycles. The number of amides is 2. The van der Waals surface area contributed by atoms with Gasteiger partial charge in [-0.05, 0) is 53.2 Å². The van der Waals surface area contributed by atoms with Crippen molar-refractivity contribution >= 4 is 46.3 Å². The van der Waals surface area contributed by atoms with Crippen LogP contribution in [0.3, 0.4) is 0 Å². The minimum atomic E-state index is -0.271. The molecule has 2 aromatic rings. The lowest BCUT2D eigenvalue weighted by molar-refractivity contribution is -0.123. The van der Waals surface area contributed by atoms with Crippen molar-refractivity contribution in [2.24, 2.45) is 0 Å². The molecule has 0 atom stereocenters. The summed E-state index contributed by atoms with van der Waals surface area (Å²) in [5, 5.41) is 0.362. The van der Waals surface area contributed by atoms with E-state index in [9.17, 15) is 9.59 Å². The van der Waals surface area contributed by atoms with Gasteiger partial charge in [-0.2, -0.15) is 0 Å². The van der Waals surface area contributed by atoms with Gasteiger partial charge in [-0.3, -0.25) is 14.5 Å². The van der Waals surface area contributed by atoms with Crippen LogP contribution in [0.1, 0.15) is 11.1 Å². The number of carbonyl (C=O) groups is 2. The lowest BCUT2D eigenvalue weighted by Crippen LogP contribution is -2.27. The highest BCUT2D eigenvalue weighted by atomic mass is 35.5. The molecule has 2 amide bonds. The van der Waals surface area contributed by atoms with Crippen molar-refractivity contribution in [2.45, 2.75) is 6.54 Å². The van der Waals surface area contributed by atoms with Crippen molar-refractivity contribution in [1.29, 1.82) is 0 Å². The monoisotopic (exact) mass is 398 g/mol. The van der Waals surface area contributed by atoms with Gasteiger partial charge < -0.3 is 4.90 Å². The predicted molar refractivity (Wildman–Crippen MR) is 113 cm³/mol. The molecule has 2 aromatic carbocycles. The minimum absolute atomic E-state index is 0.245. The molecule has 0 unspecified atom stereocenters. The number of anilines is 1. The van der Waals surface area contributed by atoms with E-state index in [2.05, 4.69) is 0 Å². The van der Waals surface area contributed by atoms with E-state index >= 15 is 0 Å². The summed E-state index contributed by atoms with van der Waals surface area (Å²) in [5.41, 5.74) is 3.01. The van der Waals surface area contributed by atoms with Gasteiger partial charge >= 0.3 is 0 Å². The molecule has 138 valence electrons. The van der Waals surface area contributed by atoms with Gasteiger partial charge in [0.15, 0.2) is 0 Å². The molecular formula is C21H19ClN2O2S. The smallest absolute Gasteiger partial charge is 0.293 e. The Labute approximate surface area is 168 Å². The highest BCUT2D eigenvalue weighted by Gasteiger charge is 2.34. The molecule has 0 bridgehead atoms. The van der Waals surface area contributed by atoms with Crippen LogP contribution < -0.4 is 4.90 Å². The molecule has 0 aromatic heterocycles. The van der Waals surface area contributed by atoms with Gasteiger partial charge in [0, 0.05) is 24.8 Å². The number of rotatable bonds is 5. The van der Waals surface area contributed by atoms with E-state index in [1.165, 1.54) is 4.90 Å². The first kappa shape index (κ1) is 19.3. The number of carbonyl (C=O) groups excluding carboxylic acids is 2. The normalized spacial score (nSPS) is 16.0. The highest BCUT2D eigenvalue weighted by Crippen LogP contribution is 2.32. The van der Waals surface area contributed by atoms with Crippen LogP contribution in [0, 0.1) is 0 Å². The molecule has 27 heavy (non-hydrogen) atoms. The van der Waals surface area contributed by atoms with Crippen molar-refractivity contribution in [3.63, 3.8) is 0 Å². The average Bonchev–Trinajstić information content (AvgIpc) is 2.91. The van der Waals surface area contributed by atoms with E-state index in [0.717, 1.165) is 28.6 Å². The van der Waals surface area contributed by atoms with Crippen molar-refractivity contribution in [3.05, 3.63) is 81.7 Å². The second-order valence-corrected chi connectivity index (χ2v) is 7.69. The highest BCUT2D eigenvalue weighted by molar-refractivity contribution is 8.18. The number of allylic oxidation sites excluding steroid dienone is 2. The number of nitrogens with zero attached hydrogens (tertiary/aromatic N) is 2. The molecule has 4 nitrogen and oxygen atoms in total. The molecule has 1 heterocycles. The van der Waals surface area contributed by atoms with Crippen molar-refractivity contribution in [1.82, 2.24) is 4.90 Å². The van der Waals surface area contributed by atoms with Crippen LogP contribution in [0.25, 0.3) is 6.08 Å². The summed E-state index contributed by atoms with van der Waals surface area (Å²) in [6.07, 6.45) is 5.39. The van der Waals surface area contributed by atoms with Crippen LogP contribution in [0.5, 0.6) is 0 Å². The van der Waals surface area contributed by atoms with Gasteiger partial charge in [0.25, 0.3) is 11.1 Å². The molecule has 3 rings (SSSR count). The Morgan fingerprint density at radius 1 is 1.04 bits per heavy atom. The Morgan fingerprint density at radius 2 is 1.70 bits per heavy atom. The standard InChI is InChI=1S/C21H19ClN2O2S/c1-23(2)18-12-8-15(9-13-18)4-3-5-19-20(25)24(21(26)27-19)14-16-6-10-17(22)11-7-16/h3-13H,14H2,1-2H3/b4-3+,19-5-. The number of hydrogen-bond donors (Lipinski definition) is 0. The number of thioether (sulfide) groups is 1. The number of benzene rings is 2. The van der Waals surface area contributed by atoms with Crippen molar-refractivity contribution < 1.29 is 9.59 Å². The lowest BCUT2D eigenvalue weighted by Gasteiger charge is -2.12. The summed E-state index contributed by atoms with van der Waals surface area (Å²) >= 11 is 6.83. The van der Waals surface area contributed by atoms with Gasteiger partial charge in [-0.15, -0.1) is 0 Å². The maximum atomic E-state index is 12.5. The van der Waals surface area contributed by atoms with E-state index in [-0.39, 0.29) is 17.7 Å². The fourth-order valence-electron chi connectivity index (χ4n) is 2.55. The number of halogens is 1. The molecule has 0 radical (unpaired) electrons. The second kappa shape index (κ2) is 8.46. The molecule has 1 aliphatic rings. The van der Waals surface area contributed by atoms with Gasteiger partial charge in [0.05, 0.1) is 11.4 Å². The largest absolute Gasteiger partial charge is 0.378 e. The van der Waals surface area contributed by atoms with Crippen molar-refractivity contribution in [3.8, 4) is 0 Å². The Kier molecular flexibility index (Phi) is 6.04. The van der Waals surface area contributed by atoms with Gasteiger partial charge in [-0.1, -0.05) is 48.0 Å². The number of hydrogen-bond acceptors (Lipinski definition) is 4. The molecule has 0 saturated carbocycles.